The Balaban J connectivity index is 1.95. The predicted octanol–water partition coefficient (Wildman–Crippen LogP) is 3.40. The number of ether oxygens (including phenoxy) is 1. The lowest BCUT2D eigenvalue weighted by Crippen LogP contribution is -2.36. The van der Waals surface area contributed by atoms with E-state index in [0.717, 1.165) is 6.07 Å². The van der Waals surface area contributed by atoms with Crippen LogP contribution in [-0.4, -0.2) is 68.8 Å². The van der Waals surface area contributed by atoms with Crippen LogP contribution in [0.3, 0.4) is 0 Å². The van der Waals surface area contributed by atoms with Gasteiger partial charge in [-0.1, -0.05) is 30.4 Å². The third-order valence-electron chi connectivity index (χ3n) is 5.94. The van der Waals surface area contributed by atoms with Crippen molar-refractivity contribution in [3.8, 4) is 5.75 Å². The van der Waals surface area contributed by atoms with E-state index in [1.165, 1.54) is 18.2 Å². The Kier molecular flexibility index (Phi) is 9.05. The summed E-state index contributed by atoms with van der Waals surface area (Å²) in [6.07, 6.45) is -1.30. The molecule has 0 aliphatic carbocycles. The molecule has 3 rings (SSSR count). The van der Waals surface area contributed by atoms with Gasteiger partial charge < -0.3 is 20.5 Å². The number of halogens is 3. The first-order valence-electron chi connectivity index (χ1n) is 11.7. The minimum atomic E-state index is -4.85. The molecule has 0 spiro atoms. The number of benzene rings is 2. The van der Waals surface area contributed by atoms with Gasteiger partial charge in [-0.2, -0.15) is 13.2 Å². The summed E-state index contributed by atoms with van der Waals surface area (Å²) in [7, 11) is -2.63. The van der Waals surface area contributed by atoms with Crippen molar-refractivity contribution >= 4 is 33.6 Å². The summed E-state index contributed by atoms with van der Waals surface area (Å²) in [4.78, 5) is 13.3. The molecular weight excluding hydrogens is 525 g/mol. The lowest BCUT2D eigenvalue weighted by Gasteiger charge is -2.30. The highest BCUT2D eigenvalue weighted by molar-refractivity contribution is 7.93. The summed E-state index contributed by atoms with van der Waals surface area (Å²) < 4.78 is 74.0. The molecule has 1 heterocycles. The van der Waals surface area contributed by atoms with Gasteiger partial charge in [0.05, 0.1) is 17.8 Å². The van der Waals surface area contributed by atoms with Gasteiger partial charge in [-0.15, -0.1) is 0 Å². The van der Waals surface area contributed by atoms with Crippen LogP contribution in [0.15, 0.2) is 48.5 Å². The third-order valence-corrected chi connectivity index (χ3v) is 7.58. The number of hydrogen-bond acceptors (Lipinski definition) is 6. The van der Waals surface area contributed by atoms with E-state index in [1.54, 1.807) is 24.3 Å². The number of alkyl halides is 3. The van der Waals surface area contributed by atoms with Crippen molar-refractivity contribution in [3.63, 3.8) is 0 Å². The lowest BCUT2D eigenvalue weighted by molar-refractivity contribution is -0.139. The molecule has 0 atom stereocenters. The van der Waals surface area contributed by atoms with Gasteiger partial charge in [0.1, 0.15) is 17.7 Å². The Morgan fingerprint density at radius 2 is 1.92 bits per heavy atom. The Bertz CT molecular complexity index is 1310. The SMILES string of the molecule is CN1CCC(Oc2ccc(N(C/C=C/c3cccc(C(=N)N)c3)S(=O)(=O)CC(=O)O)cc2C(F)(F)F)CC1. The number of rotatable bonds is 10. The summed E-state index contributed by atoms with van der Waals surface area (Å²) >= 11 is 0. The number of hydrogen-bond donors (Lipinski definition) is 3. The fourth-order valence-electron chi connectivity index (χ4n) is 3.99. The molecule has 4 N–H and O–H groups in total. The highest BCUT2D eigenvalue weighted by Crippen LogP contribution is 2.40. The highest BCUT2D eigenvalue weighted by Gasteiger charge is 2.37. The lowest BCUT2D eigenvalue weighted by atomic mass is 10.1. The maximum atomic E-state index is 14.0. The number of carbonyl (C=O) groups is 1. The maximum Gasteiger partial charge on any atom is 0.420 e. The summed E-state index contributed by atoms with van der Waals surface area (Å²) in [6.45, 7) is 0.909. The number of aliphatic carboxylic acids is 1. The molecule has 0 radical (unpaired) electrons. The van der Waals surface area contributed by atoms with Crippen molar-refractivity contribution in [1.82, 2.24) is 4.90 Å². The van der Waals surface area contributed by atoms with Gasteiger partial charge in [-0.25, -0.2) is 8.42 Å². The van der Waals surface area contributed by atoms with Crippen molar-refractivity contribution in [3.05, 3.63) is 65.2 Å². The molecule has 1 aliphatic heterocycles. The van der Waals surface area contributed by atoms with Crippen molar-refractivity contribution in [2.24, 2.45) is 5.73 Å². The summed E-state index contributed by atoms with van der Waals surface area (Å²) in [6, 6.07) is 9.38. The zero-order valence-electron chi connectivity index (χ0n) is 20.6. The second-order valence-electron chi connectivity index (χ2n) is 8.92. The number of likely N-dealkylation sites (tertiary alicyclic amines) is 1. The molecule has 0 aromatic heterocycles. The number of nitrogens with one attached hydrogen (secondary N) is 1. The van der Waals surface area contributed by atoms with Crippen LogP contribution in [0, 0.1) is 5.41 Å². The molecule has 1 saturated heterocycles. The standard InChI is InChI=1S/C25H29F3N4O5S/c1-31-12-9-20(10-13-31)37-22-8-7-19(15-21(22)25(26,27)28)32(38(35,36)16-23(33)34)11-3-5-17-4-2-6-18(14-17)24(29)30/h2-8,14-15,20H,9-13,16H2,1H3,(H3,29,30)(H,33,34)/b5-3+. The molecule has 1 fully saturated rings. The number of piperidine rings is 1. The number of nitrogens with zero attached hydrogens (tertiary/aromatic N) is 2. The molecule has 2 aromatic rings. The van der Waals surface area contributed by atoms with Gasteiger partial charge in [0.15, 0.2) is 5.75 Å². The van der Waals surface area contributed by atoms with Gasteiger partial charge in [-0.3, -0.25) is 14.5 Å². The number of nitrogens with two attached hydrogens (primary N) is 1. The molecule has 0 unspecified atom stereocenters. The fraction of sp³-hybridized carbons (Fsp3) is 0.360. The molecule has 206 valence electrons. The van der Waals surface area contributed by atoms with E-state index >= 15 is 0 Å². The van der Waals surface area contributed by atoms with Crippen LogP contribution >= 0.6 is 0 Å². The second-order valence-corrected chi connectivity index (χ2v) is 10.8. The molecule has 13 heteroatoms. The first kappa shape index (κ1) is 29.0. The predicted molar refractivity (Wildman–Crippen MR) is 138 cm³/mol. The van der Waals surface area contributed by atoms with Gasteiger partial charge >= 0.3 is 12.1 Å². The molecular formula is C25H29F3N4O5S. The number of carboxylic acid groups (broad SMARTS) is 1. The van der Waals surface area contributed by atoms with Crippen molar-refractivity contribution in [1.29, 1.82) is 5.41 Å². The quantitative estimate of drug-likeness (QED) is 0.302. The van der Waals surface area contributed by atoms with Crippen molar-refractivity contribution in [2.75, 3.05) is 36.7 Å². The Labute approximate surface area is 218 Å². The zero-order chi connectivity index (χ0) is 28.1. The Morgan fingerprint density at radius 1 is 1.24 bits per heavy atom. The topological polar surface area (TPSA) is 137 Å². The highest BCUT2D eigenvalue weighted by atomic mass is 32.2. The Morgan fingerprint density at radius 3 is 2.53 bits per heavy atom. The minimum Gasteiger partial charge on any atom is -0.490 e. The van der Waals surface area contributed by atoms with E-state index in [9.17, 15) is 26.4 Å². The molecule has 38 heavy (non-hydrogen) atoms. The number of carboxylic acids is 1. The second kappa shape index (κ2) is 11.9. The van der Waals surface area contributed by atoms with Gasteiger partial charge in [-0.05, 0) is 49.7 Å². The minimum absolute atomic E-state index is 0.173. The van der Waals surface area contributed by atoms with E-state index in [2.05, 4.69) is 0 Å². The summed E-state index contributed by atoms with van der Waals surface area (Å²) in [5.74, 6) is -3.54. The van der Waals surface area contributed by atoms with E-state index < -0.39 is 51.9 Å². The number of nitrogen functional groups attached to an aromatic ring is 1. The van der Waals surface area contributed by atoms with Gasteiger partial charge in [0.2, 0.25) is 10.0 Å². The van der Waals surface area contributed by atoms with E-state index in [-0.39, 0.29) is 11.5 Å². The monoisotopic (exact) mass is 554 g/mol. The first-order valence-corrected chi connectivity index (χ1v) is 13.3. The smallest absolute Gasteiger partial charge is 0.420 e. The van der Waals surface area contributed by atoms with Crippen LogP contribution in [-0.2, 0) is 21.0 Å². The van der Waals surface area contributed by atoms with E-state index in [1.807, 2.05) is 11.9 Å². The molecule has 2 aromatic carbocycles. The molecule has 9 nitrogen and oxygen atoms in total. The largest absolute Gasteiger partial charge is 0.490 e. The van der Waals surface area contributed by atoms with Crippen LogP contribution < -0.4 is 14.8 Å². The molecule has 1 aliphatic rings. The number of anilines is 1. The number of sulfonamides is 1. The summed E-state index contributed by atoms with van der Waals surface area (Å²) in [5.41, 5.74) is 4.97. The molecule has 0 saturated carbocycles. The molecule has 0 amide bonds. The van der Waals surface area contributed by atoms with Crippen molar-refractivity contribution < 1.29 is 36.2 Å². The first-order chi connectivity index (χ1) is 17.8. The van der Waals surface area contributed by atoms with Crippen LogP contribution in [0.2, 0.25) is 0 Å². The fourth-order valence-corrected chi connectivity index (χ4v) is 5.20. The summed E-state index contributed by atoms with van der Waals surface area (Å²) in [5, 5.41) is 16.6. The van der Waals surface area contributed by atoms with E-state index in [0.29, 0.717) is 47.4 Å². The molecule has 0 bridgehead atoms. The van der Waals surface area contributed by atoms with Crippen LogP contribution in [0.1, 0.15) is 29.5 Å². The van der Waals surface area contributed by atoms with Crippen LogP contribution in [0.25, 0.3) is 6.08 Å². The maximum absolute atomic E-state index is 14.0. The van der Waals surface area contributed by atoms with Crippen molar-refractivity contribution in [2.45, 2.75) is 25.1 Å². The number of amidine groups is 1. The average Bonchev–Trinajstić information content (AvgIpc) is 2.82. The van der Waals surface area contributed by atoms with E-state index in [4.69, 9.17) is 21.0 Å². The Hall–Kier alpha value is -3.58. The third kappa shape index (κ3) is 7.71. The normalized spacial score (nSPS) is 15.5. The van der Waals surface area contributed by atoms with Crippen LogP contribution in [0.4, 0.5) is 18.9 Å². The average molecular weight is 555 g/mol. The zero-order valence-corrected chi connectivity index (χ0v) is 21.4. The van der Waals surface area contributed by atoms with Crippen LogP contribution in [0.5, 0.6) is 5.75 Å². The van der Waals surface area contributed by atoms with Gasteiger partial charge in [0.25, 0.3) is 0 Å². The van der Waals surface area contributed by atoms with Gasteiger partial charge in [0, 0.05) is 18.7 Å².